The molecule has 1 amide bonds. The van der Waals surface area contributed by atoms with Crippen LogP contribution in [0.25, 0.3) is 0 Å². The van der Waals surface area contributed by atoms with Gasteiger partial charge in [-0.15, -0.1) is 0 Å². The number of aliphatic carboxylic acids is 1. The molecule has 1 aliphatic rings. The molecule has 0 saturated carbocycles. The van der Waals surface area contributed by atoms with Gasteiger partial charge in [0.05, 0.1) is 18.3 Å². The van der Waals surface area contributed by atoms with Gasteiger partial charge in [-0.2, -0.15) is 22.0 Å². The summed E-state index contributed by atoms with van der Waals surface area (Å²) in [6, 6.07) is 5.08. The second-order valence-electron chi connectivity index (χ2n) is 5.59. The van der Waals surface area contributed by atoms with Crippen molar-refractivity contribution in [3.8, 4) is 5.75 Å². The topological polar surface area (TPSA) is 66.8 Å². The second-order valence-corrected chi connectivity index (χ2v) is 5.59. The highest BCUT2D eigenvalue weighted by Crippen LogP contribution is 2.37. The third-order valence-corrected chi connectivity index (χ3v) is 3.91. The lowest BCUT2D eigenvalue weighted by Gasteiger charge is -2.18. The smallest absolute Gasteiger partial charge is 0.394 e. The first-order chi connectivity index (χ1) is 11.6. The normalized spacial score (nSPS) is 20.8. The van der Waals surface area contributed by atoms with Crippen molar-refractivity contribution in [2.24, 2.45) is 11.8 Å². The number of ether oxygens (including phenoxy) is 1. The first-order valence-corrected chi connectivity index (χ1v) is 7.19. The Morgan fingerprint density at radius 2 is 1.80 bits per heavy atom. The number of likely N-dealkylation sites (tertiary alicyclic amines) is 1. The monoisotopic (exact) mass is 367 g/mol. The molecule has 1 aromatic carbocycles. The summed E-state index contributed by atoms with van der Waals surface area (Å²) in [6.45, 7) is -4.24. The standard InChI is InChI=1S/C15H14F5NO4/c16-14(17)25-9-3-1-8(2-4-9)5-12(22)21-6-10(13(23)24)11(7-21)15(18,19)20/h1-4,10-11,14H,5-7H2,(H,23,24)/t10-,11-/m1/s1. The van der Waals surface area contributed by atoms with Crippen LogP contribution in [0, 0.1) is 11.8 Å². The number of amides is 1. The van der Waals surface area contributed by atoms with E-state index in [0.717, 1.165) is 4.90 Å². The van der Waals surface area contributed by atoms with Gasteiger partial charge in [-0.25, -0.2) is 0 Å². The van der Waals surface area contributed by atoms with Crippen LogP contribution in [0.1, 0.15) is 5.56 Å². The van der Waals surface area contributed by atoms with E-state index < -0.39 is 49.6 Å². The van der Waals surface area contributed by atoms with E-state index >= 15 is 0 Å². The van der Waals surface area contributed by atoms with Gasteiger partial charge >= 0.3 is 18.8 Å². The van der Waals surface area contributed by atoms with E-state index in [2.05, 4.69) is 4.74 Å². The van der Waals surface area contributed by atoms with Crippen LogP contribution in [0.5, 0.6) is 5.75 Å². The molecule has 2 atom stereocenters. The molecule has 0 radical (unpaired) electrons. The lowest BCUT2D eigenvalue weighted by atomic mass is 9.96. The maximum Gasteiger partial charge on any atom is 0.394 e. The molecule has 2 rings (SSSR count). The highest BCUT2D eigenvalue weighted by molar-refractivity contribution is 5.81. The quantitative estimate of drug-likeness (QED) is 0.813. The van der Waals surface area contributed by atoms with E-state index in [1.807, 2.05) is 0 Å². The Morgan fingerprint density at radius 1 is 1.20 bits per heavy atom. The number of carboxylic acid groups (broad SMARTS) is 1. The van der Waals surface area contributed by atoms with Gasteiger partial charge < -0.3 is 14.7 Å². The highest BCUT2D eigenvalue weighted by atomic mass is 19.4. The van der Waals surface area contributed by atoms with E-state index in [1.54, 1.807) is 0 Å². The maximum absolute atomic E-state index is 12.9. The average Bonchev–Trinajstić information content (AvgIpc) is 2.94. The molecule has 0 bridgehead atoms. The Bertz CT molecular complexity index is 632. The third kappa shape index (κ3) is 4.80. The molecule has 138 valence electrons. The van der Waals surface area contributed by atoms with E-state index in [9.17, 15) is 31.5 Å². The zero-order chi connectivity index (χ0) is 18.8. The molecule has 0 spiro atoms. The van der Waals surface area contributed by atoms with Gasteiger partial charge in [-0.05, 0) is 17.7 Å². The second kappa shape index (κ2) is 7.24. The number of hydrogen-bond acceptors (Lipinski definition) is 3. The zero-order valence-electron chi connectivity index (χ0n) is 12.7. The number of carbonyl (C=O) groups is 2. The molecule has 1 fully saturated rings. The Labute approximate surface area is 139 Å². The molecule has 1 heterocycles. The zero-order valence-corrected chi connectivity index (χ0v) is 12.7. The van der Waals surface area contributed by atoms with Crippen molar-refractivity contribution in [3.05, 3.63) is 29.8 Å². The van der Waals surface area contributed by atoms with Gasteiger partial charge in [0.15, 0.2) is 0 Å². The van der Waals surface area contributed by atoms with Crippen molar-refractivity contribution < 1.29 is 41.4 Å². The molecular weight excluding hydrogens is 353 g/mol. The largest absolute Gasteiger partial charge is 0.481 e. The Balaban J connectivity index is 2.02. The first-order valence-electron chi connectivity index (χ1n) is 7.19. The SMILES string of the molecule is O=C(O)[C@@H]1CN(C(=O)Cc2ccc(OC(F)F)cc2)C[C@H]1C(F)(F)F. The van der Waals surface area contributed by atoms with Crippen molar-refractivity contribution in [2.45, 2.75) is 19.2 Å². The summed E-state index contributed by atoms with van der Waals surface area (Å²) in [5.74, 6) is -6.20. The molecule has 0 aliphatic carbocycles. The molecular formula is C15H14F5NO4. The first kappa shape index (κ1) is 18.9. The minimum Gasteiger partial charge on any atom is -0.481 e. The molecule has 1 saturated heterocycles. The van der Waals surface area contributed by atoms with Crippen LogP contribution in [0.4, 0.5) is 22.0 Å². The van der Waals surface area contributed by atoms with E-state index in [1.165, 1.54) is 24.3 Å². The van der Waals surface area contributed by atoms with Crippen molar-refractivity contribution in [2.75, 3.05) is 13.1 Å². The molecule has 1 aliphatic heterocycles. The number of rotatable bonds is 5. The predicted molar refractivity (Wildman–Crippen MR) is 74.0 cm³/mol. The van der Waals surface area contributed by atoms with Crippen LogP contribution < -0.4 is 4.74 Å². The van der Waals surface area contributed by atoms with Gasteiger partial charge in [0.1, 0.15) is 5.75 Å². The average molecular weight is 367 g/mol. The summed E-state index contributed by atoms with van der Waals surface area (Å²) >= 11 is 0. The number of benzene rings is 1. The summed E-state index contributed by atoms with van der Waals surface area (Å²) in [7, 11) is 0. The van der Waals surface area contributed by atoms with E-state index in [4.69, 9.17) is 5.11 Å². The van der Waals surface area contributed by atoms with Crippen LogP contribution in [0.2, 0.25) is 0 Å². The number of alkyl halides is 5. The lowest BCUT2D eigenvalue weighted by Crippen LogP contribution is -2.34. The van der Waals surface area contributed by atoms with E-state index in [0.29, 0.717) is 5.56 Å². The predicted octanol–water partition coefficient (Wildman–Crippen LogP) is 2.55. The summed E-state index contributed by atoms with van der Waals surface area (Å²) in [4.78, 5) is 24.0. The van der Waals surface area contributed by atoms with Crippen LogP contribution in [-0.2, 0) is 16.0 Å². The molecule has 0 unspecified atom stereocenters. The van der Waals surface area contributed by atoms with E-state index in [-0.39, 0.29) is 12.2 Å². The number of carboxylic acids is 1. The minimum absolute atomic E-state index is 0.115. The van der Waals surface area contributed by atoms with Crippen LogP contribution >= 0.6 is 0 Å². The Kier molecular flexibility index (Phi) is 5.48. The summed E-state index contributed by atoms with van der Waals surface area (Å²) < 4.78 is 67.0. The van der Waals surface area contributed by atoms with Gasteiger partial charge in [-0.3, -0.25) is 9.59 Å². The number of nitrogens with zero attached hydrogens (tertiary/aromatic N) is 1. The Hall–Kier alpha value is -2.39. The number of hydrogen-bond donors (Lipinski definition) is 1. The number of halogens is 5. The lowest BCUT2D eigenvalue weighted by molar-refractivity contribution is -0.188. The van der Waals surface area contributed by atoms with Gasteiger partial charge in [-0.1, -0.05) is 12.1 Å². The van der Waals surface area contributed by atoms with Crippen molar-refractivity contribution in [3.63, 3.8) is 0 Å². The summed E-state index contributed by atoms with van der Waals surface area (Å²) in [5, 5.41) is 8.93. The fourth-order valence-electron chi connectivity index (χ4n) is 2.66. The fourth-order valence-corrected chi connectivity index (χ4v) is 2.66. The van der Waals surface area contributed by atoms with Crippen molar-refractivity contribution >= 4 is 11.9 Å². The molecule has 25 heavy (non-hydrogen) atoms. The van der Waals surface area contributed by atoms with Crippen LogP contribution in [0.15, 0.2) is 24.3 Å². The van der Waals surface area contributed by atoms with Crippen molar-refractivity contribution in [1.82, 2.24) is 4.90 Å². The van der Waals surface area contributed by atoms with Gasteiger partial charge in [0.2, 0.25) is 5.91 Å². The maximum atomic E-state index is 12.9. The Morgan fingerprint density at radius 3 is 2.24 bits per heavy atom. The van der Waals surface area contributed by atoms with Gasteiger partial charge in [0.25, 0.3) is 0 Å². The summed E-state index contributed by atoms with van der Waals surface area (Å²) in [5.41, 5.74) is 0.383. The minimum atomic E-state index is -4.72. The van der Waals surface area contributed by atoms with Crippen LogP contribution in [-0.4, -0.2) is 47.8 Å². The molecule has 5 nitrogen and oxygen atoms in total. The fraction of sp³-hybridized carbons (Fsp3) is 0.467. The molecule has 10 heteroatoms. The van der Waals surface area contributed by atoms with Crippen molar-refractivity contribution in [1.29, 1.82) is 0 Å². The summed E-state index contributed by atoms with van der Waals surface area (Å²) in [6.07, 6.45) is -4.99. The molecule has 1 aromatic rings. The van der Waals surface area contributed by atoms with Crippen LogP contribution in [0.3, 0.4) is 0 Å². The molecule has 0 aromatic heterocycles. The highest BCUT2D eigenvalue weighted by Gasteiger charge is 2.53. The number of carbonyl (C=O) groups excluding carboxylic acids is 1. The molecule has 1 N–H and O–H groups in total. The van der Waals surface area contributed by atoms with Gasteiger partial charge in [0, 0.05) is 13.1 Å². The third-order valence-electron chi connectivity index (χ3n) is 3.91.